The Hall–Kier alpha value is -1.50. The molecule has 2 atom stereocenters. The molecule has 7 nitrogen and oxygen atoms in total. The van der Waals surface area contributed by atoms with Crippen LogP contribution in [-0.4, -0.2) is 57.2 Å². The fourth-order valence-electron chi connectivity index (χ4n) is 3.92. The molecule has 1 spiro atoms. The number of amides is 1. The third-order valence-corrected chi connectivity index (χ3v) is 5.57. The summed E-state index contributed by atoms with van der Waals surface area (Å²) in [6.07, 6.45) is 5.28. The average molecular weight is 305 g/mol. The van der Waals surface area contributed by atoms with Crippen LogP contribution in [0.1, 0.15) is 50.8 Å². The minimum absolute atomic E-state index is 0.203. The molecule has 2 saturated carbocycles. The molecule has 7 heteroatoms. The zero-order valence-electron chi connectivity index (χ0n) is 13.0. The summed E-state index contributed by atoms with van der Waals surface area (Å²) in [4.78, 5) is 14.7. The third kappa shape index (κ3) is 2.41. The summed E-state index contributed by atoms with van der Waals surface area (Å²) >= 11 is 0. The van der Waals surface area contributed by atoms with Gasteiger partial charge in [-0.05, 0) is 50.4 Å². The first-order chi connectivity index (χ1) is 10.7. The van der Waals surface area contributed by atoms with E-state index in [1.54, 1.807) is 0 Å². The lowest BCUT2D eigenvalue weighted by Crippen LogP contribution is -2.46. The second-order valence-electron chi connectivity index (χ2n) is 6.93. The van der Waals surface area contributed by atoms with Crippen molar-refractivity contribution < 1.29 is 9.53 Å². The van der Waals surface area contributed by atoms with E-state index in [-0.39, 0.29) is 12.0 Å². The standard InChI is InChI=1S/C15H23N5O2/c1-2-22-12(10-3-4-10)14(21)20-7-5-15(6-8-20)9-11(15)13-16-18-19-17-13/h10-12H,2-9H2,1H3,(H,16,17,18,19). The molecule has 2 heterocycles. The zero-order chi connectivity index (χ0) is 15.2. The Bertz CT molecular complexity index is 534. The average Bonchev–Trinajstić information content (AvgIpc) is 3.44. The Labute approximate surface area is 129 Å². The minimum atomic E-state index is -0.203. The highest BCUT2D eigenvalue weighted by Crippen LogP contribution is 2.64. The third-order valence-electron chi connectivity index (χ3n) is 5.57. The number of rotatable bonds is 5. The van der Waals surface area contributed by atoms with E-state index in [4.69, 9.17) is 4.74 Å². The summed E-state index contributed by atoms with van der Waals surface area (Å²) in [5.74, 6) is 1.92. The molecular weight excluding hydrogens is 282 g/mol. The molecule has 3 fully saturated rings. The van der Waals surface area contributed by atoms with Crippen molar-refractivity contribution in [3.05, 3.63) is 5.82 Å². The van der Waals surface area contributed by atoms with Gasteiger partial charge < -0.3 is 9.64 Å². The van der Waals surface area contributed by atoms with E-state index in [2.05, 4.69) is 20.6 Å². The van der Waals surface area contributed by atoms with Crippen molar-refractivity contribution in [2.24, 2.45) is 11.3 Å². The van der Waals surface area contributed by atoms with Gasteiger partial charge in [0.1, 0.15) is 6.10 Å². The topological polar surface area (TPSA) is 84.0 Å². The number of aromatic amines is 1. The maximum absolute atomic E-state index is 12.7. The van der Waals surface area contributed by atoms with Gasteiger partial charge in [-0.1, -0.05) is 5.21 Å². The molecule has 1 aliphatic heterocycles. The van der Waals surface area contributed by atoms with Crippen LogP contribution in [0, 0.1) is 11.3 Å². The summed E-state index contributed by atoms with van der Waals surface area (Å²) in [7, 11) is 0. The molecule has 1 N–H and O–H groups in total. The Morgan fingerprint density at radius 2 is 2.23 bits per heavy atom. The van der Waals surface area contributed by atoms with Crippen LogP contribution >= 0.6 is 0 Å². The predicted octanol–water partition coefficient (Wildman–Crippen LogP) is 1.11. The van der Waals surface area contributed by atoms with Crippen molar-refractivity contribution in [3.63, 3.8) is 0 Å². The lowest BCUT2D eigenvalue weighted by Gasteiger charge is -2.34. The van der Waals surface area contributed by atoms with Gasteiger partial charge >= 0.3 is 0 Å². The second kappa shape index (κ2) is 5.30. The highest BCUT2D eigenvalue weighted by atomic mass is 16.5. The van der Waals surface area contributed by atoms with Gasteiger partial charge in [0.15, 0.2) is 5.82 Å². The van der Waals surface area contributed by atoms with Crippen LogP contribution in [0.4, 0.5) is 0 Å². The lowest BCUT2D eigenvalue weighted by atomic mass is 9.90. The van der Waals surface area contributed by atoms with Crippen molar-refractivity contribution in [1.82, 2.24) is 25.5 Å². The molecule has 2 aliphatic carbocycles. The largest absolute Gasteiger partial charge is 0.368 e. The molecular formula is C15H23N5O2. The molecule has 2 unspecified atom stereocenters. The number of H-pyrrole nitrogens is 1. The minimum Gasteiger partial charge on any atom is -0.368 e. The number of piperidine rings is 1. The van der Waals surface area contributed by atoms with Crippen molar-refractivity contribution in [3.8, 4) is 0 Å². The van der Waals surface area contributed by atoms with Gasteiger partial charge in [0, 0.05) is 25.6 Å². The predicted molar refractivity (Wildman–Crippen MR) is 77.9 cm³/mol. The number of nitrogens with one attached hydrogen (secondary N) is 1. The van der Waals surface area contributed by atoms with Crippen molar-refractivity contribution in [2.75, 3.05) is 19.7 Å². The molecule has 0 radical (unpaired) electrons. The van der Waals surface area contributed by atoms with E-state index in [0.29, 0.717) is 23.9 Å². The summed E-state index contributed by atoms with van der Waals surface area (Å²) in [5, 5.41) is 14.4. The second-order valence-corrected chi connectivity index (χ2v) is 6.93. The summed E-state index contributed by atoms with van der Waals surface area (Å²) < 4.78 is 5.70. The van der Waals surface area contributed by atoms with E-state index in [9.17, 15) is 4.79 Å². The fraction of sp³-hybridized carbons (Fsp3) is 0.867. The number of carbonyl (C=O) groups is 1. The van der Waals surface area contributed by atoms with Crippen molar-refractivity contribution >= 4 is 5.91 Å². The smallest absolute Gasteiger partial charge is 0.251 e. The van der Waals surface area contributed by atoms with Gasteiger partial charge in [-0.25, -0.2) is 0 Å². The van der Waals surface area contributed by atoms with Crippen molar-refractivity contribution in [1.29, 1.82) is 0 Å². The summed E-state index contributed by atoms with van der Waals surface area (Å²) in [6.45, 7) is 4.26. The summed E-state index contributed by atoms with van der Waals surface area (Å²) in [5.41, 5.74) is 0.307. The van der Waals surface area contributed by atoms with Gasteiger partial charge in [-0.15, -0.1) is 10.2 Å². The van der Waals surface area contributed by atoms with E-state index >= 15 is 0 Å². The van der Waals surface area contributed by atoms with E-state index in [1.807, 2.05) is 11.8 Å². The number of aromatic nitrogens is 4. The Morgan fingerprint density at radius 3 is 2.82 bits per heavy atom. The number of ether oxygens (including phenoxy) is 1. The number of hydrogen-bond donors (Lipinski definition) is 1. The van der Waals surface area contributed by atoms with Gasteiger partial charge in [0.05, 0.1) is 0 Å². The zero-order valence-corrected chi connectivity index (χ0v) is 13.0. The summed E-state index contributed by atoms with van der Waals surface area (Å²) in [6, 6.07) is 0. The molecule has 0 bridgehead atoms. The quantitative estimate of drug-likeness (QED) is 0.881. The molecule has 1 amide bonds. The SMILES string of the molecule is CCOC(C(=O)N1CCC2(CC1)CC2c1nn[nH]n1)C1CC1. The van der Waals surface area contributed by atoms with Crippen LogP contribution < -0.4 is 0 Å². The number of carbonyl (C=O) groups excluding carboxylic acids is 1. The lowest BCUT2D eigenvalue weighted by molar-refractivity contribution is -0.146. The van der Waals surface area contributed by atoms with Crippen LogP contribution in [0.2, 0.25) is 0 Å². The van der Waals surface area contributed by atoms with E-state index in [1.165, 1.54) is 0 Å². The number of hydrogen-bond acceptors (Lipinski definition) is 5. The molecule has 0 aromatic carbocycles. The number of likely N-dealkylation sites (tertiary alicyclic amines) is 1. The molecule has 22 heavy (non-hydrogen) atoms. The molecule has 1 saturated heterocycles. The number of tetrazole rings is 1. The van der Waals surface area contributed by atoms with Crippen LogP contribution in [0.15, 0.2) is 0 Å². The van der Waals surface area contributed by atoms with Gasteiger partial charge in [-0.3, -0.25) is 4.79 Å². The first-order valence-electron chi connectivity index (χ1n) is 8.37. The number of nitrogens with zero attached hydrogens (tertiary/aromatic N) is 4. The van der Waals surface area contributed by atoms with Crippen LogP contribution in [0.3, 0.4) is 0 Å². The molecule has 3 aliphatic rings. The van der Waals surface area contributed by atoms with E-state index in [0.717, 1.165) is 51.0 Å². The molecule has 1 aromatic heterocycles. The van der Waals surface area contributed by atoms with Gasteiger partial charge in [-0.2, -0.15) is 5.21 Å². The van der Waals surface area contributed by atoms with Crippen molar-refractivity contribution in [2.45, 2.75) is 51.0 Å². The fourth-order valence-corrected chi connectivity index (χ4v) is 3.92. The van der Waals surface area contributed by atoms with Gasteiger partial charge in [0.25, 0.3) is 5.91 Å². The molecule has 4 rings (SSSR count). The Kier molecular flexibility index (Phi) is 3.40. The van der Waals surface area contributed by atoms with Crippen LogP contribution in [-0.2, 0) is 9.53 Å². The highest BCUT2D eigenvalue weighted by molar-refractivity contribution is 5.81. The maximum atomic E-state index is 12.7. The monoisotopic (exact) mass is 305 g/mol. The first kappa shape index (κ1) is 14.1. The van der Waals surface area contributed by atoms with E-state index < -0.39 is 0 Å². The van der Waals surface area contributed by atoms with Crippen LogP contribution in [0.25, 0.3) is 0 Å². The first-order valence-corrected chi connectivity index (χ1v) is 8.37. The molecule has 1 aromatic rings. The van der Waals surface area contributed by atoms with Gasteiger partial charge in [0.2, 0.25) is 0 Å². The van der Waals surface area contributed by atoms with Crippen LogP contribution in [0.5, 0.6) is 0 Å². The molecule has 120 valence electrons. The highest BCUT2D eigenvalue weighted by Gasteiger charge is 2.58. The normalized spacial score (nSPS) is 27.9. The maximum Gasteiger partial charge on any atom is 0.251 e. The Balaban J connectivity index is 1.35. The Morgan fingerprint density at radius 1 is 1.45 bits per heavy atom.